The smallest absolute Gasteiger partial charge is 0.141 e. The topological polar surface area (TPSA) is 15.7 Å². The first-order chi connectivity index (χ1) is 10.7. The van der Waals surface area contributed by atoms with Crippen LogP contribution in [-0.2, 0) is 6.42 Å². The van der Waals surface area contributed by atoms with Gasteiger partial charge in [-0.1, -0.05) is 29.8 Å². The van der Waals surface area contributed by atoms with Crippen LogP contribution in [0.15, 0.2) is 30.9 Å². The quantitative estimate of drug-likeness (QED) is 0.538. The van der Waals surface area contributed by atoms with Crippen molar-refractivity contribution in [1.29, 1.82) is 0 Å². The minimum atomic E-state index is 0.693. The first-order valence-corrected chi connectivity index (χ1v) is 8.50. The summed E-state index contributed by atoms with van der Waals surface area (Å²) in [6, 6.07) is 5.89. The lowest BCUT2D eigenvalue weighted by atomic mass is 10.1. The third kappa shape index (κ3) is 5.31. The molecule has 1 aliphatic heterocycles. The minimum absolute atomic E-state index is 0.693. The van der Waals surface area contributed by atoms with Gasteiger partial charge in [-0.3, -0.25) is 0 Å². The Bertz CT molecular complexity index is 470. The van der Waals surface area contributed by atoms with Crippen LogP contribution in [0.25, 0.3) is 0 Å². The summed E-state index contributed by atoms with van der Waals surface area (Å²) in [7, 11) is 2.19. The fraction of sp³-hybridized carbons (Fsp3) is 0.556. The summed E-state index contributed by atoms with van der Waals surface area (Å²) in [6.45, 7) is 10.4. The number of para-hydroxylation sites is 1. The molecule has 4 heteroatoms. The fourth-order valence-corrected chi connectivity index (χ4v) is 2.96. The van der Waals surface area contributed by atoms with E-state index in [0.717, 1.165) is 30.8 Å². The predicted molar refractivity (Wildman–Crippen MR) is 94.0 cm³/mol. The molecule has 0 aliphatic carbocycles. The second-order valence-electron chi connectivity index (χ2n) is 5.92. The number of halogens is 1. The molecule has 1 aromatic carbocycles. The Morgan fingerprint density at radius 2 is 2.00 bits per heavy atom. The van der Waals surface area contributed by atoms with Gasteiger partial charge in [-0.15, -0.1) is 6.58 Å². The highest BCUT2D eigenvalue weighted by Gasteiger charge is 2.13. The Hall–Kier alpha value is -1.03. The van der Waals surface area contributed by atoms with Crippen molar-refractivity contribution in [2.24, 2.45) is 0 Å². The number of ether oxygens (including phenoxy) is 1. The summed E-state index contributed by atoms with van der Waals surface area (Å²) in [5.41, 5.74) is 1.11. The van der Waals surface area contributed by atoms with E-state index >= 15 is 0 Å². The zero-order valence-corrected chi connectivity index (χ0v) is 14.3. The van der Waals surface area contributed by atoms with Gasteiger partial charge in [0, 0.05) is 26.2 Å². The zero-order valence-electron chi connectivity index (χ0n) is 13.6. The van der Waals surface area contributed by atoms with E-state index in [2.05, 4.69) is 23.4 Å². The second-order valence-corrected chi connectivity index (χ2v) is 6.33. The Balaban J connectivity index is 1.69. The van der Waals surface area contributed by atoms with Crippen molar-refractivity contribution in [3.05, 3.63) is 41.4 Å². The normalized spacial score (nSPS) is 16.6. The van der Waals surface area contributed by atoms with Crippen LogP contribution in [0.4, 0.5) is 0 Å². The maximum absolute atomic E-state index is 6.24. The van der Waals surface area contributed by atoms with Crippen LogP contribution < -0.4 is 4.74 Å². The first-order valence-electron chi connectivity index (χ1n) is 8.12. The molecule has 22 heavy (non-hydrogen) atoms. The Morgan fingerprint density at radius 1 is 1.23 bits per heavy atom. The third-order valence-electron chi connectivity index (χ3n) is 4.12. The van der Waals surface area contributed by atoms with Crippen molar-refractivity contribution in [1.82, 2.24) is 9.80 Å². The van der Waals surface area contributed by atoms with Gasteiger partial charge in [0.2, 0.25) is 0 Å². The van der Waals surface area contributed by atoms with Crippen LogP contribution in [0, 0.1) is 0 Å². The Labute approximate surface area is 139 Å². The van der Waals surface area contributed by atoms with E-state index in [1.807, 2.05) is 24.3 Å². The van der Waals surface area contributed by atoms with Gasteiger partial charge >= 0.3 is 0 Å². The molecule has 0 aromatic heterocycles. The van der Waals surface area contributed by atoms with E-state index in [-0.39, 0.29) is 0 Å². The molecule has 0 spiro atoms. The molecule has 2 rings (SSSR count). The number of allylic oxidation sites excluding steroid dienone is 1. The molecule has 0 amide bonds. The highest BCUT2D eigenvalue weighted by Crippen LogP contribution is 2.29. The van der Waals surface area contributed by atoms with Gasteiger partial charge in [0.05, 0.1) is 11.6 Å². The van der Waals surface area contributed by atoms with Crippen LogP contribution in [0.3, 0.4) is 0 Å². The summed E-state index contributed by atoms with van der Waals surface area (Å²) in [4.78, 5) is 4.93. The van der Waals surface area contributed by atoms with Crippen molar-refractivity contribution in [3.8, 4) is 5.75 Å². The van der Waals surface area contributed by atoms with Crippen LogP contribution in [-0.4, -0.2) is 56.2 Å². The summed E-state index contributed by atoms with van der Waals surface area (Å²) in [6.07, 6.45) is 4.90. The van der Waals surface area contributed by atoms with E-state index in [0.29, 0.717) is 5.02 Å². The maximum atomic E-state index is 6.24. The van der Waals surface area contributed by atoms with Gasteiger partial charge in [-0.25, -0.2) is 0 Å². The van der Waals surface area contributed by atoms with Crippen molar-refractivity contribution in [2.45, 2.75) is 19.3 Å². The van der Waals surface area contributed by atoms with Gasteiger partial charge in [0.25, 0.3) is 0 Å². The lowest BCUT2D eigenvalue weighted by Crippen LogP contribution is -2.44. The second kappa shape index (κ2) is 9.19. The lowest BCUT2D eigenvalue weighted by molar-refractivity contribution is 0.150. The highest BCUT2D eigenvalue weighted by atomic mass is 35.5. The minimum Gasteiger partial charge on any atom is -0.492 e. The molecule has 1 saturated heterocycles. The Kier molecular flexibility index (Phi) is 7.23. The average Bonchev–Trinajstić information content (AvgIpc) is 2.51. The van der Waals surface area contributed by atoms with Crippen LogP contribution in [0.1, 0.15) is 18.4 Å². The van der Waals surface area contributed by atoms with Gasteiger partial charge in [-0.05, 0) is 44.5 Å². The van der Waals surface area contributed by atoms with Crippen molar-refractivity contribution in [2.75, 3.05) is 46.4 Å². The highest BCUT2D eigenvalue weighted by molar-refractivity contribution is 6.32. The number of hydrogen-bond donors (Lipinski definition) is 0. The molecule has 122 valence electrons. The Morgan fingerprint density at radius 3 is 2.73 bits per heavy atom. The summed E-state index contributed by atoms with van der Waals surface area (Å²) in [5.74, 6) is 0.823. The molecule has 0 bridgehead atoms. The van der Waals surface area contributed by atoms with Gasteiger partial charge in [0.15, 0.2) is 0 Å². The molecule has 3 nitrogen and oxygen atoms in total. The predicted octanol–water partition coefficient (Wildman–Crippen LogP) is 3.47. The molecule has 1 heterocycles. The van der Waals surface area contributed by atoms with Gasteiger partial charge in [-0.2, -0.15) is 0 Å². The number of benzene rings is 1. The van der Waals surface area contributed by atoms with Crippen LogP contribution >= 0.6 is 11.6 Å². The molecule has 0 saturated carbocycles. The molecule has 0 N–H and O–H groups in total. The molecule has 0 unspecified atom stereocenters. The molecule has 1 aliphatic rings. The number of rotatable bonds is 8. The largest absolute Gasteiger partial charge is 0.492 e. The maximum Gasteiger partial charge on any atom is 0.141 e. The third-order valence-corrected chi connectivity index (χ3v) is 4.42. The molecule has 1 aromatic rings. The number of hydrogen-bond acceptors (Lipinski definition) is 3. The zero-order chi connectivity index (χ0) is 15.8. The summed E-state index contributed by atoms with van der Waals surface area (Å²) in [5, 5.41) is 0.693. The molecule has 0 radical (unpaired) electrons. The monoisotopic (exact) mass is 322 g/mol. The number of piperazine rings is 1. The number of unbranched alkanes of at least 4 members (excludes halogenated alkanes) is 1. The average molecular weight is 323 g/mol. The molecule has 1 fully saturated rings. The number of likely N-dealkylation sites (N-methyl/N-ethyl adjacent to an activating group) is 1. The van der Waals surface area contributed by atoms with Crippen molar-refractivity contribution < 1.29 is 4.74 Å². The fourth-order valence-electron chi connectivity index (χ4n) is 2.71. The van der Waals surface area contributed by atoms with Crippen molar-refractivity contribution in [3.63, 3.8) is 0 Å². The summed E-state index contributed by atoms with van der Waals surface area (Å²) >= 11 is 6.24. The van der Waals surface area contributed by atoms with E-state index < -0.39 is 0 Å². The number of nitrogens with zero attached hydrogens (tertiary/aromatic N) is 2. The summed E-state index contributed by atoms with van der Waals surface area (Å²) < 4.78 is 5.92. The van der Waals surface area contributed by atoms with Gasteiger partial charge in [0.1, 0.15) is 5.75 Å². The van der Waals surface area contributed by atoms with E-state index in [4.69, 9.17) is 16.3 Å². The lowest BCUT2D eigenvalue weighted by Gasteiger charge is -2.32. The van der Waals surface area contributed by atoms with E-state index in [9.17, 15) is 0 Å². The molecular weight excluding hydrogens is 296 g/mol. The van der Waals surface area contributed by atoms with Gasteiger partial charge < -0.3 is 14.5 Å². The molecule has 0 atom stereocenters. The van der Waals surface area contributed by atoms with E-state index in [1.54, 1.807) is 0 Å². The van der Waals surface area contributed by atoms with Crippen LogP contribution in [0.5, 0.6) is 5.75 Å². The van der Waals surface area contributed by atoms with Crippen molar-refractivity contribution >= 4 is 11.6 Å². The molecular formula is C18H27ClN2O. The SMILES string of the molecule is C=CCc1cccc(Cl)c1OCCCCN1CCN(C)CC1. The van der Waals surface area contributed by atoms with Crippen LogP contribution in [0.2, 0.25) is 5.02 Å². The van der Waals surface area contributed by atoms with E-state index in [1.165, 1.54) is 39.1 Å². The first kappa shape index (κ1) is 17.3. The standard InChI is InChI=1S/C18H27ClN2O/c1-3-7-16-8-6-9-17(19)18(16)22-15-5-4-10-21-13-11-20(2)12-14-21/h3,6,8-9H,1,4-5,7,10-15H2,2H3.